The zero-order valence-corrected chi connectivity index (χ0v) is 9.63. The van der Waals surface area contributed by atoms with Crippen LogP contribution in [-0.4, -0.2) is 28.7 Å². The Kier molecular flexibility index (Phi) is 5.28. The Morgan fingerprint density at radius 1 is 1.53 bits per heavy atom. The number of methoxy groups -OCH3 is 1. The summed E-state index contributed by atoms with van der Waals surface area (Å²) in [6.07, 6.45) is 3.38. The number of nitrogens with two attached hydrogens (primary N) is 1. The Hall–Kier alpha value is -0.940. The highest BCUT2D eigenvalue weighted by Gasteiger charge is 2.08. The number of nitrogens with zero attached hydrogens (tertiary/aromatic N) is 1. The van der Waals surface area contributed by atoms with Crippen molar-refractivity contribution < 1.29 is 8.95 Å². The second kappa shape index (κ2) is 6.53. The second-order valence-corrected chi connectivity index (χ2v) is 4.63. The molecule has 0 bridgehead atoms. The fraction of sp³-hybridized carbons (Fsp3) is 0.500. The molecule has 1 atom stereocenters. The molecule has 84 valence electrons. The number of unbranched alkanes of at least 4 members (excludes halogenated alkanes) is 1. The van der Waals surface area contributed by atoms with Crippen LogP contribution in [0.25, 0.3) is 0 Å². The quantitative estimate of drug-likeness (QED) is 0.743. The van der Waals surface area contributed by atoms with Crippen LogP contribution < -0.4 is 5.73 Å². The highest BCUT2D eigenvalue weighted by atomic mass is 32.2. The van der Waals surface area contributed by atoms with E-state index in [2.05, 4.69) is 4.98 Å². The predicted molar refractivity (Wildman–Crippen MR) is 61.0 cm³/mol. The minimum atomic E-state index is -1.09. The SMILES string of the molecule is COCCCCS(=O)c1ncccc1N. The van der Waals surface area contributed by atoms with E-state index < -0.39 is 10.8 Å². The smallest absolute Gasteiger partial charge is 0.150 e. The average Bonchev–Trinajstić information content (AvgIpc) is 2.25. The van der Waals surface area contributed by atoms with Crippen LogP contribution in [0, 0.1) is 0 Å². The summed E-state index contributed by atoms with van der Waals surface area (Å²) in [5.41, 5.74) is 6.17. The number of rotatable bonds is 6. The van der Waals surface area contributed by atoms with Crippen LogP contribution in [-0.2, 0) is 15.5 Å². The molecular formula is C10H16N2O2S. The normalized spacial score (nSPS) is 12.6. The van der Waals surface area contributed by atoms with E-state index in [1.807, 2.05) is 0 Å². The molecule has 15 heavy (non-hydrogen) atoms. The number of anilines is 1. The third-order valence-electron chi connectivity index (χ3n) is 1.94. The molecule has 4 nitrogen and oxygen atoms in total. The zero-order chi connectivity index (χ0) is 11.1. The Bertz CT molecular complexity index is 331. The monoisotopic (exact) mass is 228 g/mol. The minimum absolute atomic E-state index is 0.495. The fourth-order valence-electron chi connectivity index (χ4n) is 1.17. The molecule has 1 aromatic heterocycles. The van der Waals surface area contributed by atoms with Gasteiger partial charge in [0.25, 0.3) is 0 Å². The molecule has 0 aromatic carbocycles. The van der Waals surface area contributed by atoms with E-state index in [0.717, 1.165) is 12.8 Å². The third kappa shape index (κ3) is 3.97. The van der Waals surface area contributed by atoms with Crippen molar-refractivity contribution >= 4 is 16.5 Å². The van der Waals surface area contributed by atoms with Crippen molar-refractivity contribution in [3.8, 4) is 0 Å². The van der Waals surface area contributed by atoms with Gasteiger partial charge in [-0.3, -0.25) is 4.21 Å². The Labute approximate surface area is 92.3 Å². The first-order chi connectivity index (χ1) is 7.25. The summed E-state index contributed by atoms with van der Waals surface area (Å²) in [4.78, 5) is 4.02. The van der Waals surface area contributed by atoms with Crippen LogP contribution in [0.15, 0.2) is 23.4 Å². The molecular weight excluding hydrogens is 212 g/mol. The summed E-state index contributed by atoms with van der Waals surface area (Å²) in [6.45, 7) is 0.703. The Morgan fingerprint density at radius 3 is 3.00 bits per heavy atom. The lowest BCUT2D eigenvalue weighted by molar-refractivity contribution is 0.194. The average molecular weight is 228 g/mol. The third-order valence-corrected chi connectivity index (χ3v) is 3.38. The molecule has 0 spiro atoms. The number of pyridine rings is 1. The highest BCUT2D eigenvalue weighted by molar-refractivity contribution is 7.85. The fourth-order valence-corrected chi connectivity index (χ4v) is 2.34. The highest BCUT2D eigenvalue weighted by Crippen LogP contribution is 2.13. The summed E-state index contributed by atoms with van der Waals surface area (Å²) in [7, 11) is 0.570. The van der Waals surface area contributed by atoms with Gasteiger partial charge in [-0.05, 0) is 25.0 Å². The van der Waals surface area contributed by atoms with E-state index >= 15 is 0 Å². The van der Waals surface area contributed by atoms with E-state index in [1.165, 1.54) is 0 Å². The molecule has 2 N–H and O–H groups in total. The molecule has 1 heterocycles. The van der Waals surface area contributed by atoms with Crippen molar-refractivity contribution in [2.45, 2.75) is 17.9 Å². The first-order valence-corrected chi connectivity index (χ1v) is 6.15. The summed E-state index contributed by atoms with van der Waals surface area (Å²) in [6, 6.07) is 3.45. The van der Waals surface area contributed by atoms with Gasteiger partial charge >= 0.3 is 0 Å². The maximum atomic E-state index is 11.8. The number of aromatic nitrogens is 1. The minimum Gasteiger partial charge on any atom is -0.396 e. The van der Waals surface area contributed by atoms with Gasteiger partial charge < -0.3 is 10.5 Å². The molecule has 0 aliphatic heterocycles. The van der Waals surface area contributed by atoms with E-state index in [9.17, 15) is 4.21 Å². The van der Waals surface area contributed by atoms with Gasteiger partial charge in [-0.25, -0.2) is 4.98 Å². The standard InChI is InChI=1S/C10H16N2O2S/c1-14-7-2-3-8-15(13)10-9(11)5-4-6-12-10/h4-6H,2-3,7-8,11H2,1H3. The number of hydrogen-bond donors (Lipinski definition) is 1. The van der Waals surface area contributed by atoms with Crippen LogP contribution >= 0.6 is 0 Å². The van der Waals surface area contributed by atoms with Crippen molar-refractivity contribution in [2.24, 2.45) is 0 Å². The van der Waals surface area contributed by atoms with Crippen molar-refractivity contribution in [3.05, 3.63) is 18.3 Å². The van der Waals surface area contributed by atoms with Crippen molar-refractivity contribution in [1.82, 2.24) is 4.98 Å². The summed E-state index contributed by atoms with van der Waals surface area (Å²) >= 11 is 0. The number of hydrogen-bond acceptors (Lipinski definition) is 4. The summed E-state index contributed by atoms with van der Waals surface area (Å²) in [5.74, 6) is 0.588. The lowest BCUT2D eigenvalue weighted by Crippen LogP contribution is -2.05. The Morgan fingerprint density at radius 2 is 2.33 bits per heavy atom. The molecule has 0 amide bonds. The van der Waals surface area contributed by atoms with E-state index in [4.69, 9.17) is 10.5 Å². The van der Waals surface area contributed by atoms with Gasteiger partial charge in [0.15, 0.2) is 0 Å². The molecule has 0 aliphatic carbocycles. The lowest BCUT2D eigenvalue weighted by Gasteiger charge is -2.03. The van der Waals surface area contributed by atoms with Gasteiger partial charge in [-0.2, -0.15) is 0 Å². The van der Waals surface area contributed by atoms with Gasteiger partial charge in [-0.15, -0.1) is 0 Å². The second-order valence-electron chi connectivity index (χ2n) is 3.15. The molecule has 1 aromatic rings. The maximum Gasteiger partial charge on any atom is 0.150 e. The molecule has 1 unspecified atom stereocenters. The first-order valence-electron chi connectivity index (χ1n) is 4.83. The van der Waals surface area contributed by atoms with Crippen LogP contribution in [0.4, 0.5) is 5.69 Å². The van der Waals surface area contributed by atoms with Gasteiger partial charge in [-0.1, -0.05) is 0 Å². The van der Waals surface area contributed by atoms with Gasteiger partial charge in [0.1, 0.15) is 5.03 Å². The van der Waals surface area contributed by atoms with E-state index in [0.29, 0.717) is 23.1 Å². The summed E-state index contributed by atoms with van der Waals surface area (Å²) in [5, 5.41) is 0.495. The maximum absolute atomic E-state index is 11.8. The molecule has 0 saturated carbocycles. The number of ether oxygens (including phenoxy) is 1. The van der Waals surface area contributed by atoms with Gasteiger partial charge in [0.2, 0.25) is 0 Å². The summed E-state index contributed by atoms with van der Waals surface area (Å²) < 4.78 is 16.7. The first kappa shape index (κ1) is 12.1. The number of nitrogen functional groups attached to an aromatic ring is 1. The van der Waals surface area contributed by atoms with Crippen LogP contribution in [0.5, 0.6) is 0 Å². The van der Waals surface area contributed by atoms with Gasteiger partial charge in [0, 0.05) is 25.7 Å². The lowest BCUT2D eigenvalue weighted by atomic mass is 10.4. The molecule has 0 saturated heterocycles. The Balaban J connectivity index is 2.44. The molecule has 5 heteroatoms. The van der Waals surface area contributed by atoms with Crippen molar-refractivity contribution in [2.75, 3.05) is 25.2 Å². The zero-order valence-electron chi connectivity index (χ0n) is 8.81. The van der Waals surface area contributed by atoms with Crippen molar-refractivity contribution in [1.29, 1.82) is 0 Å². The van der Waals surface area contributed by atoms with Crippen molar-refractivity contribution in [3.63, 3.8) is 0 Å². The molecule has 0 radical (unpaired) electrons. The topological polar surface area (TPSA) is 65.2 Å². The predicted octanol–water partition coefficient (Wildman–Crippen LogP) is 1.20. The van der Waals surface area contributed by atoms with Crippen LogP contribution in [0.3, 0.4) is 0 Å². The van der Waals surface area contributed by atoms with E-state index in [1.54, 1.807) is 25.4 Å². The van der Waals surface area contributed by atoms with Gasteiger partial charge in [0.05, 0.1) is 16.5 Å². The molecule has 0 fully saturated rings. The molecule has 1 rings (SSSR count). The largest absolute Gasteiger partial charge is 0.396 e. The molecule has 0 aliphatic rings. The van der Waals surface area contributed by atoms with Crippen LogP contribution in [0.1, 0.15) is 12.8 Å². The van der Waals surface area contributed by atoms with Crippen LogP contribution in [0.2, 0.25) is 0 Å². The van der Waals surface area contributed by atoms with E-state index in [-0.39, 0.29) is 0 Å².